The summed E-state index contributed by atoms with van der Waals surface area (Å²) < 4.78 is 15.6. The number of benzene rings is 2. The molecule has 7 nitrogen and oxygen atoms in total. The molecule has 0 saturated carbocycles. The average Bonchev–Trinajstić information content (AvgIpc) is 3.32. The van der Waals surface area contributed by atoms with Gasteiger partial charge in [0.05, 0.1) is 7.11 Å². The summed E-state index contributed by atoms with van der Waals surface area (Å²) >= 11 is 0. The van der Waals surface area contributed by atoms with Crippen molar-refractivity contribution in [2.45, 2.75) is 25.0 Å². The molecule has 28 heavy (non-hydrogen) atoms. The molecular formula is C21H22N2O5. The van der Waals surface area contributed by atoms with Crippen LogP contribution in [0.5, 0.6) is 11.5 Å². The van der Waals surface area contributed by atoms with Crippen molar-refractivity contribution in [2.24, 2.45) is 0 Å². The molecule has 0 bridgehead atoms. The molecule has 2 aromatic carbocycles. The first-order chi connectivity index (χ1) is 13.6. The van der Waals surface area contributed by atoms with Gasteiger partial charge in [0.1, 0.15) is 12.1 Å². The van der Waals surface area contributed by atoms with Crippen LogP contribution < -0.4 is 14.8 Å². The molecule has 3 unspecified atom stereocenters. The molecule has 0 spiro atoms. The molecule has 0 radical (unpaired) electrons. The van der Waals surface area contributed by atoms with Crippen LogP contribution in [0.15, 0.2) is 48.5 Å². The summed E-state index contributed by atoms with van der Waals surface area (Å²) in [5.74, 6) is 0.867. The molecule has 2 aromatic rings. The number of carbonyl (C=O) groups excluding carboxylic acids is 2. The molecule has 1 amide bonds. The minimum absolute atomic E-state index is 0.160. The molecular weight excluding hydrogens is 360 g/mol. The number of nitrogens with one attached hydrogen (secondary N) is 1. The zero-order valence-electron chi connectivity index (χ0n) is 15.6. The molecule has 1 N–H and O–H groups in total. The number of hydrogen-bond donors (Lipinski definition) is 1. The molecule has 2 heterocycles. The van der Waals surface area contributed by atoms with Gasteiger partial charge in [-0.05, 0) is 23.3 Å². The number of nitrogens with zero attached hydrogens (tertiary/aromatic N) is 1. The monoisotopic (exact) mass is 382 g/mol. The van der Waals surface area contributed by atoms with Crippen LogP contribution in [0.4, 0.5) is 0 Å². The van der Waals surface area contributed by atoms with E-state index in [-0.39, 0.29) is 18.7 Å². The van der Waals surface area contributed by atoms with Crippen molar-refractivity contribution in [2.75, 3.05) is 20.4 Å². The van der Waals surface area contributed by atoms with Gasteiger partial charge in [0, 0.05) is 19.5 Å². The maximum atomic E-state index is 12.6. The minimum atomic E-state index is -0.701. The van der Waals surface area contributed by atoms with E-state index in [4.69, 9.17) is 14.2 Å². The van der Waals surface area contributed by atoms with Gasteiger partial charge < -0.3 is 19.5 Å². The van der Waals surface area contributed by atoms with Gasteiger partial charge in [-0.2, -0.15) is 0 Å². The van der Waals surface area contributed by atoms with Crippen molar-refractivity contribution in [3.63, 3.8) is 0 Å². The Balaban J connectivity index is 1.34. The lowest BCUT2D eigenvalue weighted by atomic mass is 10.1. The standard InChI is InChI=1S/C21H22N2O5/c1-26-21(25)16(9-14-5-3-2-4-6-14)22-20(24)17-12-23(17)11-15-7-8-18-19(10-15)28-13-27-18/h2-8,10,16-17H,9,11-13H2,1H3,(H,22,24). The number of esters is 1. The lowest BCUT2D eigenvalue weighted by molar-refractivity contribution is -0.145. The van der Waals surface area contributed by atoms with E-state index in [2.05, 4.69) is 5.32 Å². The number of fused-ring (bicyclic) bond motifs is 1. The van der Waals surface area contributed by atoms with E-state index in [0.717, 1.165) is 22.6 Å². The van der Waals surface area contributed by atoms with Crippen LogP contribution in [0.2, 0.25) is 0 Å². The van der Waals surface area contributed by atoms with Crippen molar-refractivity contribution in [3.05, 3.63) is 59.7 Å². The molecule has 1 fully saturated rings. The van der Waals surface area contributed by atoms with Gasteiger partial charge in [0.15, 0.2) is 11.5 Å². The summed E-state index contributed by atoms with van der Waals surface area (Å²) in [6, 6.07) is 14.4. The zero-order valence-corrected chi connectivity index (χ0v) is 15.6. The largest absolute Gasteiger partial charge is 0.467 e. The Kier molecular flexibility index (Phi) is 5.16. The first kappa shape index (κ1) is 18.3. The highest BCUT2D eigenvalue weighted by Crippen LogP contribution is 2.33. The quantitative estimate of drug-likeness (QED) is 0.578. The number of hydrogen-bond acceptors (Lipinski definition) is 6. The highest BCUT2D eigenvalue weighted by Gasteiger charge is 2.41. The minimum Gasteiger partial charge on any atom is -0.467 e. The normalized spacial score (nSPS) is 20.3. The third kappa shape index (κ3) is 4.09. The maximum absolute atomic E-state index is 12.6. The van der Waals surface area contributed by atoms with Gasteiger partial charge >= 0.3 is 5.97 Å². The van der Waals surface area contributed by atoms with E-state index in [9.17, 15) is 9.59 Å². The first-order valence-electron chi connectivity index (χ1n) is 9.19. The zero-order chi connectivity index (χ0) is 19.5. The van der Waals surface area contributed by atoms with Crippen LogP contribution in [-0.4, -0.2) is 49.3 Å². The maximum Gasteiger partial charge on any atom is 0.328 e. The van der Waals surface area contributed by atoms with E-state index in [0.29, 0.717) is 19.5 Å². The molecule has 3 atom stereocenters. The van der Waals surface area contributed by atoms with Gasteiger partial charge in [-0.3, -0.25) is 9.69 Å². The second kappa shape index (κ2) is 7.90. The number of rotatable bonds is 7. The fourth-order valence-corrected chi connectivity index (χ4v) is 3.33. The number of carbonyl (C=O) groups is 2. The van der Waals surface area contributed by atoms with Crippen molar-refractivity contribution in [1.29, 1.82) is 0 Å². The van der Waals surface area contributed by atoms with Crippen LogP contribution >= 0.6 is 0 Å². The predicted molar refractivity (Wildman–Crippen MR) is 101 cm³/mol. The van der Waals surface area contributed by atoms with Crippen molar-refractivity contribution in [3.8, 4) is 11.5 Å². The molecule has 146 valence electrons. The summed E-state index contributed by atoms with van der Waals surface area (Å²) in [7, 11) is 1.33. The van der Waals surface area contributed by atoms with Crippen molar-refractivity contribution >= 4 is 11.9 Å². The third-order valence-electron chi connectivity index (χ3n) is 4.92. The molecule has 7 heteroatoms. The fourth-order valence-electron chi connectivity index (χ4n) is 3.33. The van der Waals surface area contributed by atoms with Gasteiger partial charge in [-0.15, -0.1) is 0 Å². The molecule has 0 aromatic heterocycles. The highest BCUT2D eigenvalue weighted by molar-refractivity contribution is 5.89. The Labute approximate surface area is 163 Å². The number of methoxy groups -OCH3 is 1. The summed E-state index contributed by atoms with van der Waals surface area (Å²) in [6.45, 7) is 1.53. The van der Waals surface area contributed by atoms with Crippen LogP contribution in [0.1, 0.15) is 11.1 Å². The predicted octanol–water partition coefficient (Wildman–Crippen LogP) is 1.50. The number of ether oxygens (including phenoxy) is 3. The third-order valence-corrected chi connectivity index (χ3v) is 4.92. The van der Waals surface area contributed by atoms with Gasteiger partial charge in [0.2, 0.25) is 12.7 Å². The van der Waals surface area contributed by atoms with E-state index in [1.807, 2.05) is 53.4 Å². The second-order valence-corrected chi connectivity index (χ2v) is 6.91. The van der Waals surface area contributed by atoms with Gasteiger partial charge in [-0.25, -0.2) is 4.79 Å². The molecule has 1 saturated heterocycles. The lowest BCUT2D eigenvalue weighted by Crippen LogP contribution is -2.45. The van der Waals surface area contributed by atoms with E-state index >= 15 is 0 Å². The molecule has 0 aliphatic carbocycles. The smallest absolute Gasteiger partial charge is 0.328 e. The van der Waals surface area contributed by atoms with Gasteiger partial charge in [-0.1, -0.05) is 36.4 Å². The summed E-state index contributed by atoms with van der Waals surface area (Å²) in [6.07, 6.45) is 0.397. The van der Waals surface area contributed by atoms with Crippen LogP contribution in [0.25, 0.3) is 0 Å². The molecule has 2 aliphatic heterocycles. The summed E-state index contributed by atoms with van der Waals surface area (Å²) in [5, 5.41) is 2.84. The van der Waals surface area contributed by atoms with Crippen LogP contribution in [0, 0.1) is 0 Å². The summed E-state index contributed by atoms with van der Waals surface area (Å²) in [4.78, 5) is 26.7. The van der Waals surface area contributed by atoms with Crippen LogP contribution in [0.3, 0.4) is 0 Å². The average molecular weight is 382 g/mol. The molecule has 4 rings (SSSR count). The topological polar surface area (TPSA) is 76.9 Å². The Morgan fingerprint density at radius 2 is 1.93 bits per heavy atom. The lowest BCUT2D eigenvalue weighted by Gasteiger charge is -2.16. The Bertz CT molecular complexity index is 870. The SMILES string of the molecule is COC(=O)C(Cc1ccccc1)NC(=O)C1CN1Cc1ccc2c(c1)OCO2. The highest BCUT2D eigenvalue weighted by atomic mass is 16.7. The van der Waals surface area contributed by atoms with Crippen molar-refractivity contribution in [1.82, 2.24) is 10.2 Å². The fraction of sp³-hybridized carbons (Fsp3) is 0.333. The summed E-state index contributed by atoms with van der Waals surface area (Å²) in [5.41, 5.74) is 2.01. The van der Waals surface area contributed by atoms with E-state index < -0.39 is 12.0 Å². The first-order valence-corrected chi connectivity index (χ1v) is 9.19. The molecule has 2 aliphatic rings. The van der Waals surface area contributed by atoms with Crippen LogP contribution in [-0.2, 0) is 27.3 Å². The Morgan fingerprint density at radius 3 is 2.71 bits per heavy atom. The Hall–Kier alpha value is -3.06. The second-order valence-electron chi connectivity index (χ2n) is 6.91. The van der Waals surface area contributed by atoms with Crippen molar-refractivity contribution < 1.29 is 23.8 Å². The van der Waals surface area contributed by atoms with Gasteiger partial charge in [0.25, 0.3) is 0 Å². The Morgan fingerprint density at radius 1 is 1.14 bits per heavy atom. The number of amides is 1. The van der Waals surface area contributed by atoms with E-state index in [1.165, 1.54) is 7.11 Å². The van der Waals surface area contributed by atoms with E-state index in [1.54, 1.807) is 0 Å².